The van der Waals surface area contributed by atoms with Crippen molar-refractivity contribution < 1.29 is 9.53 Å². The lowest BCUT2D eigenvalue weighted by Gasteiger charge is -2.26. The third kappa shape index (κ3) is 4.82. The monoisotopic (exact) mass is 444 g/mol. The molecule has 33 heavy (non-hydrogen) atoms. The lowest BCUT2D eigenvalue weighted by Crippen LogP contribution is -2.53. The second-order valence-electron chi connectivity index (χ2n) is 8.82. The number of aromatic nitrogens is 2. The van der Waals surface area contributed by atoms with Gasteiger partial charge in [-0.3, -0.25) is 14.8 Å². The number of benzene rings is 1. The van der Waals surface area contributed by atoms with Crippen LogP contribution in [0, 0.1) is 17.2 Å². The molecule has 2 unspecified atom stereocenters. The van der Waals surface area contributed by atoms with Gasteiger partial charge in [0, 0.05) is 29.7 Å². The van der Waals surface area contributed by atoms with E-state index in [1.165, 1.54) is 0 Å². The number of amides is 1. The number of nitrogens with one attached hydrogen (secondary N) is 3. The van der Waals surface area contributed by atoms with Crippen molar-refractivity contribution in [2.75, 3.05) is 13.7 Å². The number of amidine groups is 1. The maximum atomic E-state index is 13.1. The van der Waals surface area contributed by atoms with Crippen LogP contribution in [0.4, 0.5) is 0 Å². The molecule has 4 rings (SSSR count). The molecular weight excluding hydrogens is 416 g/mol. The number of nitrogens with zero attached hydrogens (tertiary/aromatic N) is 3. The van der Waals surface area contributed by atoms with E-state index in [2.05, 4.69) is 45.5 Å². The van der Waals surface area contributed by atoms with Gasteiger partial charge in [-0.15, -0.1) is 0 Å². The standard InChI is InChI=1S/C25H28N6O2/c1-16(2)10-20(23-28-15-25(14-26,31-23)12-17-6-5-9-27-13-17)30-24(32)21-11-18-19(29-21)7-4-8-22(18)33-3/h4-9,11,13,16,20,29H,10,12,15H2,1-3H3,(H,28,31)(H,30,32). The van der Waals surface area contributed by atoms with Crippen LogP contribution in [-0.2, 0) is 6.42 Å². The van der Waals surface area contributed by atoms with Gasteiger partial charge in [-0.1, -0.05) is 26.0 Å². The summed E-state index contributed by atoms with van der Waals surface area (Å²) in [5.41, 5.74) is 1.38. The summed E-state index contributed by atoms with van der Waals surface area (Å²) in [5, 5.41) is 17.2. The first-order valence-electron chi connectivity index (χ1n) is 11.0. The number of hydrogen-bond acceptors (Lipinski definition) is 6. The van der Waals surface area contributed by atoms with E-state index in [1.807, 2.05) is 30.3 Å². The molecule has 2 aromatic heterocycles. The summed E-state index contributed by atoms with van der Waals surface area (Å²) in [6.45, 7) is 4.51. The van der Waals surface area contributed by atoms with Crippen LogP contribution in [0.15, 0.2) is 53.8 Å². The van der Waals surface area contributed by atoms with E-state index in [9.17, 15) is 10.1 Å². The van der Waals surface area contributed by atoms with E-state index in [1.54, 1.807) is 25.6 Å². The Morgan fingerprint density at radius 3 is 2.88 bits per heavy atom. The number of carbonyl (C=O) groups is 1. The second-order valence-corrected chi connectivity index (χ2v) is 8.82. The lowest BCUT2D eigenvalue weighted by atomic mass is 9.93. The van der Waals surface area contributed by atoms with E-state index in [4.69, 9.17) is 4.74 Å². The molecule has 1 aliphatic rings. The Bertz CT molecular complexity index is 1210. The Labute approximate surface area is 193 Å². The third-order valence-corrected chi connectivity index (χ3v) is 5.76. The van der Waals surface area contributed by atoms with Crippen LogP contribution in [0.25, 0.3) is 10.9 Å². The van der Waals surface area contributed by atoms with Crippen molar-refractivity contribution in [2.24, 2.45) is 10.9 Å². The van der Waals surface area contributed by atoms with Gasteiger partial charge in [0.25, 0.3) is 5.91 Å². The Balaban J connectivity index is 1.53. The first-order chi connectivity index (χ1) is 15.9. The predicted octanol–water partition coefficient (Wildman–Crippen LogP) is 3.22. The number of carbonyl (C=O) groups excluding carboxylic acids is 1. The third-order valence-electron chi connectivity index (χ3n) is 5.76. The molecule has 0 radical (unpaired) electrons. The van der Waals surface area contributed by atoms with Crippen LogP contribution in [0.1, 0.15) is 36.3 Å². The molecule has 3 aromatic rings. The Kier molecular flexibility index (Phi) is 6.31. The number of fused-ring (bicyclic) bond motifs is 1. The van der Waals surface area contributed by atoms with Gasteiger partial charge < -0.3 is 20.4 Å². The van der Waals surface area contributed by atoms with Crippen LogP contribution in [0.3, 0.4) is 0 Å². The fourth-order valence-corrected chi connectivity index (χ4v) is 4.17. The number of hydrogen-bond donors (Lipinski definition) is 3. The number of methoxy groups -OCH3 is 1. The SMILES string of the molecule is COc1cccc2[nH]c(C(=O)NC(CC(C)C)C3=NCC(C#N)(Cc4cccnc4)N3)cc12. The number of ether oxygens (including phenoxy) is 1. The van der Waals surface area contributed by atoms with Crippen LogP contribution >= 0.6 is 0 Å². The summed E-state index contributed by atoms with van der Waals surface area (Å²) < 4.78 is 5.40. The molecule has 0 aliphatic carbocycles. The number of rotatable bonds is 8. The minimum absolute atomic E-state index is 0.231. The number of H-pyrrole nitrogens is 1. The van der Waals surface area contributed by atoms with Crippen LogP contribution in [0.2, 0.25) is 0 Å². The zero-order valence-electron chi connectivity index (χ0n) is 19.1. The summed E-state index contributed by atoms with van der Waals surface area (Å²) in [5.74, 6) is 1.43. The van der Waals surface area contributed by atoms with Gasteiger partial charge in [0.15, 0.2) is 0 Å². The zero-order chi connectivity index (χ0) is 23.4. The molecule has 2 atom stereocenters. The van der Waals surface area contributed by atoms with Gasteiger partial charge in [0.2, 0.25) is 0 Å². The number of aliphatic imine (C=N–C) groups is 1. The number of aromatic amines is 1. The van der Waals surface area contributed by atoms with Crippen molar-refractivity contribution in [3.8, 4) is 11.8 Å². The van der Waals surface area contributed by atoms with E-state index in [0.29, 0.717) is 42.6 Å². The molecule has 3 heterocycles. The van der Waals surface area contributed by atoms with Crippen LogP contribution in [0.5, 0.6) is 5.75 Å². The Hall–Kier alpha value is -3.86. The average molecular weight is 445 g/mol. The molecule has 1 amide bonds. The minimum atomic E-state index is -0.854. The highest BCUT2D eigenvalue weighted by molar-refractivity contribution is 6.02. The van der Waals surface area contributed by atoms with Gasteiger partial charge in [0.05, 0.1) is 25.8 Å². The van der Waals surface area contributed by atoms with Crippen molar-refractivity contribution >= 4 is 22.6 Å². The topological polar surface area (TPSA) is 115 Å². The maximum absolute atomic E-state index is 13.1. The van der Waals surface area contributed by atoms with Crippen LogP contribution in [-0.4, -0.2) is 46.9 Å². The Morgan fingerprint density at radius 2 is 2.18 bits per heavy atom. The van der Waals surface area contributed by atoms with Crippen molar-refractivity contribution in [1.29, 1.82) is 5.26 Å². The maximum Gasteiger partial charge on any atom is 0.268 e. The predicted molar refractivity (Wildman–Crippen MR) is 127 cm³/mol. The van der Waals surface area contributed by atoms with E-state index >= 15 is 0 Å². The molecule has 3 N–H and O–H groups in total. The normalized spacial score (nSPS) is 18.5. The minimum Gasteiger partial charge on any atom is -0.496 e. The molecule has 0 saturated heterocycles. The molecule has 8 heteroatoms. The van der Waals surface area contributed by atoms with Crippen LogP contribution < -0.4 is 15.4 Å². The van der Waals surface area contributed by atoms with Gasteiger partial charge in [-0.25, -0.2) is 0 Å². The molecular formula is C25H28N6O2. The molecule has 0 fully saturated rings. The first kappa shape index (κ1) is 22.3. The van der Waals surface area contributed by atoms with Gasteiger partial charge >= 0.3 is 0 Å². The summed E-state index contributed by atoms with van der Waals surface area (Å²) in [6, 6.07) is 13.3. The van der Waals surface area contributed by atoms with E-state index in [-0.39, 0.29) is 11.9 Å². The van der Waals surface area contributed by atoms with Crippen molar-refractivity contribution in [3.05, 3.63) is 60.0 Å². The molecule has 8 nitrogen and oxygen atoms in total. The highest BCUT2D eigenvalue weighted by atomic mass is 16.5. The molecule has 1 aromatic carbocycles. The molecule has 0 saturated carbocycles. The van der Waals surface area contributed by atoms with Crippen molar-refractivity contribution in [2.45, 2.75) is 38.3 Å². The zero-order valence-corrected chi connectivity index (χ0v) is 19.1. The summed E-state index contributed by atoms with van der Waals surface area (Å²) in [7, 11) is 1.61. The molecule has 0 spiro atoms. The molecule has 1 aliphatic heterocycles. The molecule has 170 valence electrons. The Morgan fingerprint density at radius 1 is 1.33 bits per heavy atom. The highest BCUT2D eigenvalue weighted by Gasteiger charge is 2.38. The lowest BCUT2D eigenvalue weighted by molar-refractivity contribution is 0.0939. The fraction of sp³-hybridized carbons (Fsp3) is 0.360. The first-order valence-corrected chi connectivity index (χ1v) is 11.0. The van der Waals surface area contributed by atoms with E-state index in [0.717, 1.165) is 16.5 Å². The summed E-state index contributed by atoms with van der Waals surface area (Å²) in [4.78, 5) is 25.1. The van der Waals surface area contributed by atoms with Crippen molar-refractivity contribution in [3.63, 3.8) is 0 Å². The number of pyridine rings is 1. The highest BCUT2D eigenvalue weighted by Crippen LogP contribution is 2.26. The molecule has 0 bridgehead atoms. The summed E-state index contributed by atoms with van der Waals surface area (Å²) in [6.07, 6.45) is 4.64. The van der Waals surface area contributed by atoms with E-state index < -0.39 is 5.54 Å². The van der Waals surface area contributed by atoms with Crippen molar-refractivity contribution in [1.82, 2.24) is 20.6 Å². The quantitative estimate of drug-likeness (QED) is 0.493. The fourth-order valence-electron chi connectivity index (χ4n) is 4.17. The largest absolute Gasteiger partial charge is 0.496 e. The smallest absolute Gasteiger partial charge is 0.268 e. The second kappa shape index (κ2) is 9.33. The average Bonchev–Trinajstić information content (AvgIpc) is 3.44. The van der Waals surface area contributed by atoms with Gasteiger partial charge in [-0.2, -0.15) is 5.26 Å². The van der Waals surface area contributed by atoms with Gasteiger partial charge in [0.1, 0.15) is 22.8 Å². The summed E-state index contributed by atoms with van der Waals surface area (Å²) >= 11 is 0. The number of nitriles is 1. The van der Waals surface area contributed by atoms with Gasteiger partial charge in [-0.05, 0) is 42.2 Å².